The molecule has 0 unspecified atom stereocenters. The average molecular weight is 387 g/mol. The van der Waals surface area contributed by atoms with Gasteiger partial charge in [0.05, 0.1) is 5.02 Å². The lowest BCUT2D eigenvalue weighted by atomic mass is 10.1. The van der Waals surface area contributed by atoms with Crippen molar-refractivity contribution in [3.8, 4) is 0 Å². The van der Waals surface area contributed by atoms with Crippen LogP contribution in [0.2, 0.25) is 5.02 Å². The Morgan fingerprint density at radius 2 is 1.96 bits per heavy atom. The molecule has 2 N–H and O–H groups in total. The quantitative estimate of drug-likeness (QED) is 0.791. The van der Waals surface area contributed by atoms with Gasteiger partial charge in [0.2, 0.25) is 0 Å². The van der Waals surface area contributed by atoms with Gasteiger partial charge in [-0.2, -0.15) is 0 Å². The zero-order chi connectivity index (χ0) is 18.8. The molecule has 1 heterocycles. The van der Waals surface area contributed by atoms with Crippen molar-refractivity contribution in [1.82, 2.24) is 10.6 Å². The number of benzene rings is 1. The Morgan fingerprint density at radius 3 is 2.60 bits per heavy atom. The summed E-state index contributed by atoms with van der Waals surface area (Å²) in [5.74, 6) is -2.05. The summed E-state index contributed by atoms with van der Waals surface area (Å²) in [5, 5.41) is 5.24. The first-order valence-corrected chi connectivity index (χ1v) is 8.43. The van der Waals surface area contributed by atoms with Crippen molar-refractivity contribution in [2.75, 3.05) is 6.61 Å². The normalized spacial score (nSPS) is 11.2. The summed E-state index contributed by atoms with van der Waals surface area (Å²) in [6.07, 6.45) is 0. The van der Waals surface area contributed by atoms with Crippen LogP contribution in [0.4, 0.5) is 9.18 Å². The van der Waals surface area contributed by atoms with Crippen molar-refractivity contribution < 1.29 is 23.5 Å². The summed E-state index contributed by atoms with van der Waals surface area (Å²) < 4.78 is 18.6. The first-order chi connectivity index (χ1) is 11.6. The molecule has 0 fully saturated rings. The molecule has 1 aromatic carbocycles. The van der Waals surface area contributed by atoms with E-state index in [2.05, 4.69) is 5.32 Å². The number of esters is 1. The number of rotatable bonds is 3. The highest BCUT2D eigenvalue weighted by molar-refractivity contribution is 7.21. The number of nitrogens with one attached hydrogen (secondary N) is 2. The Balaban J connectivity index is 1.97. The molecule has 0 saturated heterocycles. The van der Waals surface area contributed by atoms with Gasteiger partial charge in [-0.15, -0.1) is 11.3 Å². The number of halogens is 2. The van der Waals surface area contributed by atoms with Crippen LogP contribution in [-0.4, -0.2) is 30.1 Å². The minimum Gasteiger partial charge on any atom is -0.451 e. The van der Waals surface area contributed by atoms with E-state index < -0.39 is 35.9 Å². The minimum atomic E-state index is -0.821. The molecular formula is C16H16ClFN2O4S. The molecule has 134 valence electrons. The Kier molecular flexibility index (Phi) is 5.64. The highest BCUT2D eigenvalue weighted by Crippen LogP contribution is 2.36. The molecule has 0 bridgehead atoms. The Hall–Kier alpha value is -2.19. The number of ether oxygens (including phenoxy) is 1. The van der Waals surface area contributed by atoms with Crippen LogP contribution in [0.1, 0.15) is 30.4 Å². The molecule has 0 aliphatic heterocycles. The molecule has 0 radical (unpaired) electrons. The molecule has 0 aliphatic carbocycles. The van der Waals surface area contributed by atoms with Crippen LogP contribution in [-0.2, 0) is 9.53 Å². The monoisotopic (exact) mass is 386 g/mol. The third-order valence-electron chi connectivity index (χ3n) is 2.85. The fraction of sp³-hybridized carbons (Fsp3) is 0.312. The number of fused-ring (bicyclic) bond motifs is 1. The first kappa shape index (κ1) is 19.1. The van der Waals surface area contributed by atoms with E-state index in [-0.39, 0.29) is 9.90 Å². The molecule has 6 nitrogen and oxygen atoms in total. The van der Waals surface area contributed by atoms with Crippen LogP contribution in [0.15, 0.2) is 18.2 Å². The van der Waals surface area contributed by atoms with Crippen molar-refractivity contribution in [1.29, 1.82) is 0 Å². The zero-order valence-corrected chi connectivity index (χ0v) is 15.3. The van der Waals surface area contributed by atoms with E-state index in [1.807, 2.05) is 5.32 Å². The van der Waals surface area contributed by atoms with Crippen LogP contribution >= 0.6 is 22.9 Å². The van der Waals surface area contributed by atoms with E-state index in [0.717, 1.165) is 11.3 Å². The molecule has 2 aromatic rings. The number of carbonyl (C=O) groups excluding carboxylic acids is 3. The lowest BCUT2D eigenvalue weighted by molar-refractivity contribution is -0.123. The Bertz CT molecular complexity index is 845. The number of urea groups is 1. The molecule has 1 aromatic heterocycles. The predicted octanol–water partition coefficient (Wildman–Crippen LogP) is 3.47. The van der Waals surface area contributed by atoms with Gasteiger partial charge in [0, 0.05) is 15.6 Å². The number of hydrogen-bond donors (Lipinski definition) is 2. The molecule has 9 heteroatoms. The molecule has 0 spiro atoms. The van der Waals surface area contributed by atoms with Crippen LogP contribution < -0.4 is 10.6 Å². The van der Waals surface area contributed by atoms with Gasteiger partial charge in [0.25, 0.3) is 5.91 Å². The standard InChI is InChI=1S/C16H16ClFN2O4S/c1-16(2,3)20-15(23)19-11(21)7-24-14(22)13-12(17)9-5-4-8(18)6-10(9)25-13/h4-6H,7H2,1-3H3,(H2,19,20,21,23). The van der Waals surface area contributed by atoms with E-state index >= 15 is 0 Å². The summed E-state index contributed by atoms with van der Waals surface area (Å²) in [7, 11) is 0. The highest BCUT2D eigenvalue weighted by Gasteiger charge is 2.21. The van der Waals surface area contributed by atoms with Gasteiger partial charge in [-0.25, -0.2) is 14.0 Å². The number of imide groups is 1. The summed E-state index contributed by atoms with van der Waals surface area (Å²) >= 11 is 7.06. The molecule has 0 aliphatic rings. The van der Waals surface area contributed by atoms with Gasteiger partial charge in [-0.05, 0) is 39.0 Å². The van der Waals surface area contributed by atoms with Gasteiger partial charge < -0.3 is 10.1 Å². The van der Waals surface area contributed by atoms with Crippen molar-refractivity contribution in [2.45, 2.75) is 26.3 Å². The average Bonchev–Trinajstić information content (AvgIpc) is 2.79. The van der Waals surface area contributed by atoms with E-state index in [0.29, 0.717) is 10.1 Å². The highest BCUT2D eigenvalue weighted by atomic mass is 35.5. The van der Waals surface area contributed by atoms with Crippen LogP contribution in [0, 0.1) is 5.82 Å². The second-order valence-electron chi connectivity index (χ2n) is 6.21. The molecule has 25 heavy (non-hydrogen) atoms. The van der Waals surface area contributed by atoms with Crippen molar-refractivity contribution in [3.05, 3.63) is 33.9 Å². The van der Waals surface area contributed by atoms with Gasteiger partial charge in [0.1, 0.15) is 10.7 Å². The maximum Gasteiger partial charge on any atom is 0.350 e. The molecule has 3 amide bonds. The zero-order valence-electron chi connectivity index (χ0n) is 13.7. The first-order valence-electron chi connectivity index (χ1n) is 7.23. The lowest BCUT2D eigenvalue weighted by Crippen LogP contribution is -2.49. The number of carbonyl (C=O) groups is 3. The topological polar surface area (TPSA) is 84.5 Å². The van der Waals surface area contributed by atoms with Gasteiger partial charge >= 0.3 is 12.0 Å². The van der Waals surface area contributed by atoms with Crippen molar-refractivity contribution in [2.24, 2.45) is 0 Å². The summed E-state index contributed by atoms with van der Waals surface area (Å²) in [5.41, 5.74) is -0.513. The third kappa shape index (κ3) is 5.14. The summed E-state index contributed by atoms with van der Waals surface area (Å²) in [6, 6.07) is 3.26. The van der Waals surface area contributed by atoms with E-state index in [1.165, 1.54) is 18.2 Å². The maximum atomic E-state index is 13.2. The predicted molar refractivity (Wildman–Crippen MR) is 93.5 cm³/mol. The summed E-state index contributed by atoms with van der Waals surface area (Å²) in [4.78, 5) is 35.3. The van der Waals surface area contributed by atoms with Crippen LogP contribution in [0.5, 0.6) is 0 Å². The fourth-order valence-electron chi connectivity index (χ4n) is 1.90. The van der Waals surface area contributed by atoms with Gasteiger partial charge in [-0.3, -0.25) is 10.1 Å². The molecule has 0 atom stereocenters. The van der Waals surface area contributed by atoms with Gasteiger partial charge in [0.15, 0.2) is 6.61 Å². The number of amides is 3. The fourth-order valence-corrected chi connectivity index (χ4v) is 3.33. The molecule has 0 saturated carbocycles. The van der Waals surface area contributed by atoms with E-state index in [4.69, 9.17) is 16.3 Å². The Morgan fingerprint density at radius 1 is 1.28 bits per heavy atom. The SMILES string of the molecule is CC(C)(C)NC(=O)NC(=O)COC(=O)c1sc2cc(F)ccc2c1Cl. The van der Waals surface area contributed by atoms with Crippen LogP contribution in [0.25, 0.3) is 10.1 Å². The Labute approximate surface area is 152 Å². The third-order valence-corrected chi connectivity index (χ3v) is 4.49. The number of hydrogen-bond acceptors (Lipinski definition) is 5. The second kappa shape index (κ2) is 7.37. The molecule has 2 rings (SSSR count). The van der Waals surface area contributed by atoms with Crippen molar-refractivity contribution in [3.63, 3.8) is 0 Å². The van der Waals surface area contributed by atoms with E-state index in [9.17, 15) is 18.8 Å². The lowest BCUT2D eigenvalue weighted by Gasteiger charge is -2.20. The van der Waals surface area contributed by atoms with E-state index in [1.54, 1.807) is 20.8 Å². The van der Waals surface area contributed by atoms with Gasteiger partial charge in [-0.1, -0.05) is 11.6 Å². The second-order valence-corrected chi connectivity index (χ2v) is 7.64. The molecular weight excluding hydrogens is 371 g/mol. The maximum absolute atomic E-state index is 13.2. The number of thiophene rings is 1. The summed E-state index contributed by atoms with van der Waals surface area (Å²) in [6.45, 7) is 4.62. The minimum absolute atomic E-state index is 0.0641. The van der Waals surface area contributed by atoms with Crippen molar-refractivity contribution >= 4 is 50.9 Å². The van der Waals surface area contributed by atoms with Crippen LogP contribution in [0.3, 0.4) is 0 Å². The largest absolute Gasteiger partial charge is 0.451 e. The smallest absolute Gasteiger partial charge is 0.350 e.